The summed E-state index contributed by atoms with van der Waals surface area (Å²) in [4.78, 5) is 36.0. The van der Waals surface area contributed by atoms with Crippen molar-refractivity contribution in [1.82, 2.24) is 14.9 Å². The molecule has 1 fully saturated rings. The van der Waals surface area contributed by atoms with Crippen LogP contribution in [0.3, 0.4) is 0 Å². The fourth-order valence-corrected chi connectivity index (χ4v) is 3.31. The molecular weight excluding hydrogens is 358 g/mol. The van der Waals surface area contributed by atoms with Crippen molar-refractivity contribution in [3.05, 3.63) is 40.1 Å². The molecule has 0 spiro atoms. The maximum Gasteiger partial charge on any atom is 0.433 e. The Bertz CT molecular complexity index is 1000. The van der Waals surface area contributed by atoms with Gasteiger partial charge < -0.3 is 14.8 Å². The topological polar surface area (TPSA) is 88.8 Å². The van der Waals surface area contributed by atoms with Gasteiger partial charge in [0.2, 0.25) is 0 Å². The normalized spacial score (nSPS) is 16.9. The van der Waals surface area contributed by atoms with Crippen molar-refractivity contribution in [2.75, 3.05) is 24.5 Å². The molecule has 28 heavy (non-hydrogen) atoms. The lowest BCUT2D eigenvalue weighted by Crippen LogP contribution is -2.39. The fourth-order valence-electron chi connectivity index (χ4n) is 3.31. The van der Waals surface area contributed by atoms with Gasteiger partial charge in [0.1, 0.15) is 5.82 Å². The molecule has 0 atom stereocenters. The third-order valence-corrected chi connectivity index (χ3v) is 5.17. The largest absolute Gasteiger partial charge is 0.433 e. The lowest BCUT2D eigenvalue weighted by atomic mass is 9.82. The second kappa shape index (κ2) is 8.00. The Balaban J connectivity index is 2.18. The van der Waals surface area contributed by atoms with E-state index in [-0.39, 0.29) is 10.9 Å². The molecule has 1 aliphatic rings. The first-order chi connectivity index (χ1) is 13.3. The van der Waals surface area contributed by atoms with E-state index in [0.29, 0.717) is 12.4 Å². The quantitative estimate of drug-likeness (QED) is 0.646. The summed E-state index contributed by atoms with van der Waals surface area (Å²) in [6.07, 6.45) is 1.34. The average Bonchev–Trinajstić information content (AvgIpc) is 2.77. The molecule has 1 aromatic heterocycles. The van der Waals surface area contributed by atoms with Crippen LogP contribution >= 0.6 is 0 Å². The molecule has 1 N–H and O–H groups in total. The summed E-state index contributed by atoms with van der Waals surface area (Å²) in [5, 5.41) is 7.09. The number of fused-ring (bicyclic) bond motifs is 1. The highest BCUT2D eigenvalue weighted by atomic mass is 16.7. The number of rotatable bonds is 3. The summed E-state index contributed by atoms with van der Waals surface area (Å²) in [6.45, 7) is 8.37. The number of piperidine rings is 1. The molecule has 0 radical (unpaired) electrons. The second-order valence-electron chi connectivity index (χ2n) is 7.79. The molecule has 1 amide bonds. The smallest absolute Gasteiger partial charge is 0.356 e. The minimum absolute atomic E-state index is 0.148. The molecule has 0 aliphatic carbocycles. The van der Waals surface area contributed by atoms with Gasteiger partial charge in [-0.25, -0.2) is 9.78 Å². The van der Waals surface area contributed by atoms with Crippen LogP contribution in [0.25, 0.3) is 10.9 Å². The van der Waals surface area contributed by atoms with E-state index in [1.165, 1.54) is 4.57 Å². The highest BCUT2D eigenvalue weighted by Gasteiger charge is 2.27. The molecule has 0 saturated carbocycles. The Labute approximate surface area is 163 Å². The Morgan fingerprint density at radius 2 is 1.96 bits per heavy atom. The van der Waals surface area contributed by atoms with Crippen LogP contribution in [-0.4, -0.2) is 35.3 Å². The first-order valence-corrected chi connectivity index (χ1v) is 9.56. The Hall–Kier alpha value is -2.90. The predicted molar refractivity (Wildman–Crippen MR) is 108 cm³/mol. The maximum atomic E-state index is 12.9. The molecule has 1 saturated heterocycles. The van der Waals surface area contributed by atoms with E-state index < -0.39 is 11.7 Å². The van der Waals surface area contributed by atoms with Gasteiger partial charge in [0, 0.05) is 32.1 Å². The van der Waals surface area contributed by atoms with Crippen LogP contribution in [0.5, 0.6) is 0 Å². The Morgan fingerprint density at radius 1 is 1.29 bits per heavy atom. The second-order valence-corrected chi connectivity index (χ2v) is 7.79. The zero-order chi connectivity index (χ0) is 20.3. The van der Waals surface area contributed by atoms with E-state index in [4.69, 9.17) is 4.84 Å². The van der Waals surface area contributed by atoms with Gasteiger partial charge in [0.05, 0.1) is 5.52 Å². The van der Waals surface area contributed by atoms with Crippen LogP contribution in [-0.2, 0) is 11.9 Å². The van der Waals surface area contributed by atoms with Gasteiger partial charge >= 0.3 is 6.09 Å². The first kappa shape index (κ1) is 19.9. The van der Waals surface area contributed by atoms with Crippen LogP contribution in [0.4, 0.5) is 10.6 Å². The van der Waals surface area contributed by atoms with Gasteiger partial charge in [0.15, 0.2) is 0 Å². The summed E-state index contributed by atoms with van der Waals surface area (Å²) in [5.74, 6) is 0.682. The third kappa shape index (κ3) is 4.16. The number of amides is 1. The van der Waals surface area contributed by atoms with E-state index in [1.807, 2.05) is 24.3 Å². The van der Waals surface area contributed by atoms with E-state index in [1.54, 1.807) is 14.0 Å². The van der Waals surface area contributed by atoms with E-state index in [9.17, 15) is 9.59 Å². The first-order valence-electron chi connectivity index (χ1n) is 9.56. The van der Waals surface area contributed by atoms with Crippen LogP contribution in [0.1, 0.15) is 33.6 Å². The number of hydrogen-bond acceptors (Lipinski definition) is 6. The van der Waals surface area contributed by atoms with Gasteiger partial charge in [-0.2, -0.15) is 0 Å². The molecule has 8 nitrogen and oxygen atoms in total. The summed E-state index contributed by atoms with van der Waals surface area (Å²) in [6, 6.07) is 7.64. The molecule has 8 heteroatoms. The van der Waals surface area contributed by atoms with Crippen molar-refractivity contribution in [3.63, 3.8) is 0 Å². The number of benzene rings is 1. The van der Waals surface area contributed by atoms with Crippen LogP contribution in [0.15, 0.2) is 34.2 Å². The lowest BCUT2D eigenvalue weighted by Gasteiger charge is -2.37. The number of nitrogens with one attached hydrogen (secondary N) is 1. The molecule has 1 aromatic carbocycles. The van der Waals surface area contributed by atoms with Crippen LogP contribution in [0.2, 0.25) is 0 Å². The molecule has 0 unspecified atom stereocenters. The zero-order valence-corrected chi connectivity index (χ0v) is 16.9. The minimum Gasteiger partial charge on any atom is -0.356 e. The van der Waals surface area contributed by atoms with Crippen molar-refractivity contribution >= 4 is 22.8 Å². The van der Waals surface area contributed by atoms with Crippen LogP contribution < -0.4 is 21.3 Å². The fraction of sp³-hybridized carbons (Fsp3) is 0.500. The number of carbonyl (C=O) groups is 1. The number of carbonyl (C=O) groups excluding carboxylic acids is 1. The molecule has 0 bridgehead atoms. The van der Waals surface area contributed by atoms with Crippen molar-refractivity contribution in [2.45, 2.75) is 33.6 Å². The van der Waals surface area contributed by atoms with Crippen molar-refractivity contribution in [3.8, 4) is 0 Å². The van der Waals surface area contributed by atoms with E-state index in [2.05, 4.69) is 34.2 Å². The summed E-state index contributed by atoms with van der Waals surface area (Å²) in [5.41, 5.74) is 0.458. The SMILES string of the molecule is CCNC(=O)ON=c1nc(N2CCC(C)(C)CC2)c2ccccc2n(C)c1=O. The number of anilines is 1. The summed E-state index contributed by atoms with van der Waals surface area (Å²) in [7, 11) is 1.67. The Morgan fingerprint density at radius 3 is 2.64 bits per heavy atom. The molecule has 1 aliphatic heterocycles. The standard InChI is InChI=1S/C20H27N5O3/c1-5-21-19(27)28-23-16-18(26)24(4)15-9-7-6-8-14(15)17(22-16)25-12-10-20(2,3)11-13-25/h6-9H,5,10-13H2,1-4H3,(H,21,27). The molecule has 2 aromatic rings. The number of hydrogen-bond donors (Lipinski definition) is 1. The van der Waals surface area contributed by atoms with E-state index in [0.717, 1.165) is 36.8 Å². The van der Waals surface area contributed by atoms with Gasteiger partial charge in [-0.15, -0.1) is 0 Å². The monoisotopic (exact) mass is 385 g/mol. The van der Waals surface area contributed by atoms with Gasteiger partial charge in [-0.3, -0.25) is 9.63 Å². The number of nitrogens with zero attached hydrogens (tertiary/aromatic N) is 4. The molecule has 150 valence electrons. The van der Waals surface area contributed by atoms with Crippen molar-refractivity contribution in [2.24, 2.45) is 17.6 Å². The zero-order valence-electron chi connectivity index (χ0n) is 16.9. The minimum atomic E-state index is -0.719. The van der Waals surface area contributed by atoms with Gasteiger partial charge in [-0.1, -0.05) is 26.0 Å². The summed E-state index contributed by atoms with van der Waals surface area (Å²) >= 11 is 0. The maximum absolute atomic E-state index is 12.9. The van der Waals surface area contributed by atoms with Crippen LogP contribution in [0, 0.1) is 5.41 Å². The summed E-state index contributed by atoms with van der Waals surface area (Å²) < 4.78 is 1.49. The highest BCUT2D eigenvalue weighted by molar-refractivity contribution is 5.89. The number of aromatic nitrogens is 2. The van der Waals surface area contributed by atoms with Crippen molar-refractivity contribution in [1.29, 1.82) is 0 Å². The third-order valence-electron chi connectivity index (χ3n) is 5.17. The average molecular weight is 385 g/mol. The predicted octanol–water partition coefficient (Wildman–Crippen LogP) is 2.12. The van der Waals surface area contributed by atoms with Gasteiger partial charge in [0.25, 0.3) is 11.0 Å². The van der Waals surface area contributed by atoms with Gasteiger partial charge in [-0.05, 0) is 42.5 Å². The molecular formula is C20H27N5O3. The number of aryl methyl sites for hydroxylation is 1. The van der Waals surface area contributed by atoms with E-state index >= 15 is 0 Å². The number of para-hydroxylation sites is 1. The van der Waals surface area contributed by atoms with Crippen molar-refractivity contribution < 1.29 is 9.63 Å². The molecule has 2 heterocycles. The lowest BCUT2D eigenvalue weighted by molar-refractivity contribution is 0.145. The Kier molecular flexibility index (Phi) is 5.67. The highest BCUT2D eigenvalue weighted by Crippen LogP contribution is 2.33. The molecule has 3 rings (SSSR count).